The lowest BCUT2D eigenvalue weighted by molar-refractivity contribution is 0.281. The van der Waals surface area contributed by atoms with Gasteiger partial charge in [-0.05, 0) is 48.4 Å². The molecule has 0 aliphatic carbocycles. The fourth-order valence-electron chi connectivity index (χ4n) is 1.78. The summed E-state index contributed by atoms with van der Waals surface area (Å²) < 4.78 is 53.3. The third-order valence-electron chi connectivity index (χ3n) is 2.88. The van der Waals surface area contributed by atoms with Gasteiger partial charge in [-0.2, -0.15) is 0 Å². The molecule has 0 saturated carbocycles. The van der Waals surface area contributed by atoms with Gasteiger partial charge >= 0.3 is 0 Å². The number of rotatable bonds is 4. The monoisotopic (exact) mass is 313 g/mol. The van der Waals surface area contributed by atoms with Crippen molar-refractivity contribution in [1.82, 2.24) is 0 Å². The average Bonchev–Trinajstić information content (AvgIpc) is 2.42. The first-order valence-corrected chi connectivity index (χ1v) is 7.50. The molecule has 2 aromatic carbocycles. The van der Waals surface area contributed by atoms with Gasteiger partial charge in [-0.25, -0.2) is 17.2 Å². The van der Waals surface area contributed by atoms with E-state index >= 15 is 0 Å². The third-order valence-corrected chi connectivity index (χ3v) is 4.29. The molecule has 2 aromatic rings. The predicted octanol–water partition coefficient (Wildman–Crippen LogP) is 2.57. The van der Waals surface area contributed by atoms with Gasteiger partial charge in [0.25, 0.3) is 10.0 Å². The number of benzene rings is 2. The summed E-state index contributed by atoms with van der Waals surface area (Å²) in [5.74, 6) is -1.43. The summed E-state index contributed by atoms with van der Waals surface area (Å²) in [6, 6.07) is 7.02. The summed E-state index contributed by atoms with van der Waals surface area (Å²) in [6.45, 7) is 1.10. The SMILES string of the molecule is Cc1cc(NS(=O)(=O)c2ccc(CO)cc2F)ccc1F. The zero-order valence-corrected chi connectivity index (χ0v) is 11.9. The molecule has 0 bridgehead atoms. The number of halogens is 2. The van der Waals surface area contributed by atoms with Gasteiger partial charge in [0.1, 0.15) is 16.5 Å². The second-order valence-corrected chi connectivity index (χ2v) is 6.14. The van der Waals surface area contributed by atoms with Crippen molar-refractivity contribution >= 4 is 15.7 Å². The lowest BCUT2D eigenvalue weighted by Crippen LogP contribution is -2.15. The quantitative estimate of drug-likeness (QED) is 0.911. The molecule has 0 saturated heterocycles. The summed E-state index contributed by atoms with van der Waals surface area (Å²) in [6.07, 6.45) is 0. The highest BCUT2D eigenvalue weighted by atomic mass is 32.2. The highest BCUT2D eigenvalue weighted by molar-refractivity contribution is 7.92. The Bertz CT molecular complexity index is 776. The van der Waals surface area contributed by atoms with E-state index in [-0.39, 0.29) is 23.4 Å². The molecule has 0 fully saturated rings. The average molecular weight is 313 g/mol. The number of aliphatic hydroxyl groups excluding tert-OH is 1. The summed E-state index contributed by atoms with van der Waals surface area (Å²) in [7, 11) is -4.13. The third kappa shape index (κ3) is 3.37. The molecule has 0 amide bonds. The van der Waals surface area contributed by atoms with Crippen molar-refractivity contribution in [2.24, 2.45) is 0 Å². The van der Waals surface area contributed by atoms with Crippen LogP contribution >= 0.6 is 0 Å². The van der Waals surface area contributed by atoms with Crippen LogP contribution in [0.2, 0.25) is 0 Å². The van der Waals surface area contributed by atoms with Gasteiger partial charge in [0.05, 0.1) is 6.61 Å². The highest BCUT2D eigenvalue weighted by Crippen LogP contribution is 2.21. The first-order chi connectivity index (χ1) is 9.83. The Hall–Kier alpha value is -1.99. The van der Waals surface area contributed by atoms with Crippen molar-refractivity contribution in [2.45, 2.75) is 18.4 Å². The first kappa shape index (κ1) is 15.4. The van der Waals surface area contributed by atoms with Crippen LogP contribution in [0.5, 0.6) is 0 Å². The van der Waals surface area contributed by atoms with E-state index in [1.807, 2.05) is 0 Å². The van der Waals surface area contributed by atoms with Crippen LogP contribution in [0.1, 0.15) is 11.1 Å². The molecule has 0 radical (unpaired) electrons. The van der Waals surface area contributed by atoms with E-state index in [4.69, 9.17) is 5.11 Å². The van der Waals surface area contributed by atoms with Crippen LogP contribution in [0.15, 0.2) is 41.3 Å². The summed E-state index contributed by atoms with van der Waals surface area (Å²) in [5.41, 5.74) is 0.676. The van der Waals surface area contributed by atoms with E-state index in [0.29, 0.717) is 0 Å². The summed E-state index contributed by atoms with van der Waals surface area (Å²) in [5, 5.41) is 8.88. The second kappa shape index (κ2) is 5.79. The van der Waals surface area contributed by atoms with Crippen molar-refractivity contribution < 1.29 is 22.3 Å². The Labute approximate surface area is 121 Å². The minimum absolute atomic E-state index is 0.138. The maximum atomic E-state index is 13.8. The molecule has 0 spiro atoms. The lowest BCUT2D eigenvalue weighted by Gasteiger charge is -2.10. The molecule has 0 unspecified atom stereocenters. The fourth-order valence-corrected chi connectivity index (χ4v) is 2.89. The fraction of sp³-hybridized carbons (Fsp3) is 0.143. The van der Waals surface area contributed by atoms with Gasteiger partial charge in [-0.3, -0.25) is 4.72 Å². The number of sulfonamides is 1. The van der Waals surface area contributed by atoms with Gasteiger partial charge in [0.15, 0.2) is 0 Å². The zero-order valence-electron chi connectivity index (χ0n) is 11.1. The zero-order chi connectivity index (χ0) is 15.6. The van der Waals surface area contributed by atoms with E-state index < -0.39 is 26.6 Å². The number of hydrogen-bond acceptors (Lipinski definition) is 3. The summed E-state index contributed by atoms with van der Waals surface area (Å²) >= 11 is 0. The van der Waals surface area contributed by atoms with Gasteiger partial charge in [-0.15, -0.1) is 0 Å². The lowest BCUT2D eigenvalue weighted by atomic mass is 10.2. The second-order valence-electron chi connectivity index (χ2n) is 4.49. The molecule has 2 N–H and O–H groups in total. The van der Waals surface area contributed by atoms with E-state index in [1.165, 1.54) is 25.1 Å². The van der Waals surface area contributed by atoms with Gasteiger partial charge < -0.3 is 5.11 Å². The molecular formula is C14H13F2NO3S. The van der Waals surface area contributed by atoms with Crippen LogP contribution < -0.4 is 4.72 Å². The molecule has 0 aliphatic rings. The van der Waals surface area contributed by atoms with Crippen molar-refractivity contribution in [2.75, 3.05) is 4.72 Å². The minimum Gasteiger partial charge on any atom is -0.392 e. The van der Waals surface area contributed by atoms with Crippen LogP contribution in [-0.4, -0.2) is 13.5 Å². The van der Waals surface area contributed by atoms with Crippen molar-refractivity contribution in [3.8, 4) is 0 Å². The molecule has 0 heterocycles. The number of aryl methyl sites for hydroxylation is 1. The normalized spacial score (nSPS) is 11.4. The maximum absolute atomic E-state index is 13.8. The standard InChI is InChI=1S/C14H13F2NO3S/c1-9-6-11(3-4-12(9)15)17-21(19,20)14-5-2-10(8-18)7-13(14)16/h2-7,17-18H,8H2,1H3. The van der Waals surface area contributed by atoms with Gasteiger partial charge in [-0.1, -0.05) is 6.07 Å². The van der Waals surface area contributed by atoms with Crippen molar-refractivity contribution in [3.63, 3.8) is 0 Å². The van der Waals surface area contributed by atoms with Crippen LogP contribution in [0.3, 0.4) is 0 Å². The number of aliphatic hydroxyl groups is 1. The minimum atomic E-state index is -4.13. The topological polar surface area (TPSA) is 66.4 Å². The Morgan fingerprint density at radius 1 is 1.10 bits per heavy atom. The van der Waals surface area contributed by atoms with E-state index in [0.717, 1.165) is 18.2 Å². The van der Waals surface area contributed by atoms with E-state index in [9.17, 15) is 17.2 Å². The number of nitrogens with one attached hydrogen (secondary N) is 1. The Morgan fingerprint density at radius 3 is 2.38 bits per heavy atom. The molecule has 21 heavy (non-hydrogen) atoms. The number of hydrogen-bond donors (Lipinski definition) is 2. The highest BCUT2D eigenvalue weighted by Gasteiger charge is 2.19. The van der Waals surface area contributed by atoms with Crippen LogP contribution in [0.4, 0.5) is 14.5 Å². The maximum Gasteiger partial charge on any atom is 0.264 e. The first-order valence-electron chi connectivity index (χ1n) is 6.02. The molecular weight excluding hydrogens is 300 g/mol. The van der Waals surface area contributed by atoms with Crippen LogP contribution in [0.25, 0.3) is 0 Å². The molecule has 0 aromatic heterocycles. The molecule has 2 rings (SSSR count). The smallest absolute Gasteiger partial charge is 0.264 e. The molecule has 4 nitrogen and oxygen atoms in total. The Kier molecular flexibility index (Phi) is 4.24. The predicted molar refractivity (Wildman–Crippen MR) is 74.3 cm³/mol. The Balaban J connectivity index is 2.36. The molecule has 0 atom stereocenters. The van der Waals surface area contributed by atoms with Crippen molar-refractivity contribution in [3.05, 3.63) is 59.2 Å². The molecule has 112 valence electrons. The van der Waals surface area contributed by atoms with E-state index in [2.05, 4.69) is 4.72 Å². The van der Waals surface area contributed by atoms with Crippen LogP contribution in [0, 0.1) is 18.6 Å². The number of anilines is 1. The Morgan fingerprint density at radius 2 is 1.81 bits per heavy atom. The summed E-state index contributed by atoms with van der Waals surface area (Å²) in [4.78, 5) is -0.540. The molecule has 0 aliphatic heterocycles. The molecule has 7 heteroatoms. The van der Waals surface area contributed by atoms with Gasteiger partial charge in [0, 0.05) is 5.69 Å². The van der Waals surface area contributed by atoms with Crippen LogP contribution in [-0.2, 0) is 16.6 Å². The largest absolute Gasteiger partial charge is 0.392 e. The van der Waals surface area contributed by atoms with Crippen molar-refractivity contribution in [1.29, 1.82) is 0 Å². The van der Waals surface area contributed by atoms with Gasteiger partial charge in [0.2, 0.25) is 0 Å². The van der Waals surface area contributed by atoms with E-state index in [1.54, 1.807) is 0 Å².